The second kappa shape index (κ2) is 35.6. The molecule has 370 valence electrons. The largest absolute Gasteiger partial charge is 0.458 e. The molecule has 0 aliphatic carbocycles. The number of hydrogen-bond acceptors (Lipinski definition) is 15. The predicted octanol–water partition coefficient (Wildman–Crippen LogP) is 5.24. The highest BCUT2D eigenvalue weighted by Crippen LogP contribution is 2.14. The molecule has 65 heavy (non-hydrogen) atoms. The van der Waals surface area contributed by atoms with Gasteiger partial charge in [0.15, 0.2) is 6.23 Å². The van der Waals surface area contributed by atoms with Gasteiger partial charge in [-0.2, -0.15) is 0 Å². The van der Waals surface area contributed by atoms with Gasteiger partial charge in [-0.05, 0) is 103 Å². The van der Waals surface area contributed by atoms with Gasteiger partial charge in [-0.25, -0.2) is 14.4 Å². The van der Waals surface area contributed by atoms with Gasteiger partial charge in [0.05, 0.1) is 72.1 Å². The zero-order valence-corrected chi connectivity index (χ0v) is 39.5. The summed E-state index contributed by atoms with van der Waals surface area (Å²) in [7, 11) is 0. The number of ether oxygens (including phenoxy) is 9. The highest BCUT2D eigenvalue weighted by Gasteiger charge is 2.31. The fourth-order valence-electron chi connectivity index (χ4n) is 5.42. The summed E-state index contributed by atoms with van der Waals surface area (Å²) in [6, 6.07) is 6.99. The van der Waals surface area contributed by atoms with E-state index in [2.05, 4.69) is 31.3 Å². The molecule has 0 fully saturated rings. The Morgan fingerprint density at radius 3 is 1.65 bits per heavy atom. The van der Waals surface area contributed by atoms with E-state index >= 15 is 0 Å². The third kappa shape index (κ3) is 33.5. The zero-order valence-electron chi connectivity index (χ0n) is 39.5. The van der Waals surface area contributed by atoms with Crippen LogP contribution >= 0.6 is 0 Å². The van der Waals surface area contributed by atoms with E-state index in [1.807, 2.05) is 37.3 Å². The topological polar surface area (TPSA) is 265 Å². The minimum absolute atomic E-state index is 0.0361. The van der Waals surface area contributed by atoms with Crippen molar-refractivity contribution < 1.29 is 66.6 Å². The van der Waals surface area contributed by atoms with Crippen LogP contribution < -0.4 is 21.3 Å². The minimum atomic E-state index is -1.56. The van der Waals surface area contributed by atoms with Crippen molar-refractivity contribution in [1.82, 2.24) is 21.3 Å². The summed E-state index contributed by atoms with van der Waals surface area (Å²) in [4.78, 5) is 67.3. The molecule has 4 amide bonds. The van der Waals surface area contributed by atoms with Gasteiger partial charge in [0.1, 0.15) is 23.9 Å². The summed E-state index contributed by atoms with van der Waals surface area (Å²) in [6.45, 7) is 16.8. The Bertz CT molecular complexity index is 1520. The van der Waals surface area contributed by atoms with Crippen molar-refractivity contribution in [3.8, 4) is 0 Å². The van der Waals surface area contributed by atoms with Crippen LogP contribution in [-0.2, 0) is 63.6 Å². The van der Waals surface area contributed by atoms with Crippen LogP contribution in [0.3, 0.4) is 0 Å². The summed E-state index contributed by atoms with van der Waals surface area (Å²) in [5, 5.41) is 14.1. The van der Waals surface area contributed by atoms with E-state index in [9.17, 15) is 24.0 Å². The molecule has 1 rings (SSSR count). The summed E-state index contributed by atoms with van der Waals surface area (Å²) in [5.41, 5.74) is 8.34. The number of unbranched alkanes of at least 4 members (excludes halogenated alkanes) is 2. The first-order valence-corrected chi connectivity index (χ1v) is 22.3. The molecule has 3 atom stereocenters. The van der Waals surface area contributed by atoms with E-state index in [1.165, 1.54) is 0 Å². The van der Waals surface area contributed by atoms with E-state index in [-0.39, 0.29) is 59.0 Å². The highest BCUT2D eigenvalue weighted by atomic mass is 16.6. The number of alkyl carbamates (subject to hydrolysis) is 2. The van der Waals surface area contributed by atoms with Gasteiger partial charge in [-0.1, -0.05) is 37.3 Å². The molecular weight excluding hydrogens is 851 g/mol. The number of esters is 1. The maximum absolute atomic E-state index is 14.0. The number of benzene rings is 1. The molecule has 0 bridgehead atoms. The molecule has 1 aromatic rings. The van der Waals surface area contributed by atoms with Crippen LogP contribution in [0.2, 0.25) is 0 Å². The van der Waals surface area contributed by atoms with Crippen molar-refractivity contribution in [1.29, 1.82) is 0 Å². The van der Waals surface area contributed by atoms with Crippen molar-refractivity contribution in [3.63, 3.8) is 0 Å². The highest BCUT2D eigenvalue weighted by molar-refractivity contribution is 5.88. The van der Waals surface area contributed by atoms with Gasteiger partial charge in [0.25, 0.3) is 5.91 Å². The smallest absolute Gasteiger partial charge is 0.407 e. The van der Waals surface area contributed by atoms with E-state index in [4.69, 9.17) is 48.2 Å². The van der Waals surface area contributed by atoms with Gasteiger partial charge < -0.3 is 58.6 Å². The molecule has 0 aliphatic rings. The van der Waals surface area contributed by atoms with E-state index in [0.717, 1.165) is 12.0 Å². The summed E-state index contributed by atoms with van der Waals surface area (Å²) in [6.07, 6.45) is 0.130. The minimum Gasteiger partial charge on any atom is -0.458 e. The lowest BCUT2D eigenvalue weighted by molar-refractivity contribution is -0.159. The van der Waals surface area contributed by atoms with Gasteiger partial charge >= 0.3 is 18.2 Å². The van der Waals surface area contributed by atoms with Crippen molar-refractivity contribution in [2.75, 3.05) is 85.8 Å². The third-order valence-electron chi connectivity index (χ3n) is 8.38. The number of hydrogen-bond donors (Lipinski definition) is 4. The molecule has 0 saturated carbocycles. The molecule has 0 saturated heterocycles. The molecule has 4 N–H and O–H groups in total. The van der Waals surface area contributed by atoms with Gasteiger partial charge in [-0.15, -0.1) is 0 Å². The first-order chi connectivity index (χ1) is 31.0. The lowest BCUT2D eigenvalue weighted by Gasteiger charge is -2.28. The molecular formula is C44H75N7O14. The van der Waals surface area contributed by atoms with E-state index < -0.39 is 59.5 Å². The Kier molecular flexibility index (Phi) is 32.0. The SMILES string of the molecule is CCCOCCOCCOCCOCCOCCOC(N[C@@H](CCCCNC(=O)OC(C)(C)C)C(=O)N[C@@H](CCCCNC(=O)OCc1ccccc1)C(=O)OC(C)(C)C)C(=O)N=[N+]=[N-]. The van der Waals surface area contributed by atoms with Gasteiger partial charge in [0, 0.05) is 24.6 Å². The Morgan fingerprint density at radius 1 is 0.646 bits per heavy atom. The molecule has 1 aromatic carbocycles. The monoisotopic (exact) mass is 926 g/mol. The maximum atomic E-state index is 14.0. The fourth-order valence-corrected chi connectivity index (χ4v) is 5.42. The molecule has 21 nitrogen and oxygen atoms in total. The molecule has 0 aliphatic heterocycles. The fraction of sp³-hybridized carbons (Fsp3) is 0.750. The molecule has 0 radical (unpaired) electrons. The first kappa shape index (κ1) is 58.4. The third-order valence-corrected chi connectivity index (χ3v) is 8.38. The Morgan fingerprint density at radius 2 is 1.14 bits per heavy atom. The number of carbonyl (C=O) groups is 5. The van der Waals surface area contributed by atoms with Crippen LogP contribution in [0.25, 0.3) is 10.4 Å². The molecule has 0 heterocycles. The molecule has 1 unspecified atom stereocenters. The van der Waals surface area contributed by atoms with Gasteiger partial charge in [-0.3, -0.25) is 14.9 Å². The summed E-state index contributed by atoms with van der Waals surface area (Å²) in [5.74, 6) is -2.37. The normalized spacial score (nSPS) is 12.8. The number of amides is 4. The number of nitrogens with one attached hydrogen (secondary N) is 4. The van der Waals surface area contributed by atoms with Crippen LogP contribution in [0, 0.1) is 0 Å². The predicted molar refractivity (Wildman–Crippen MR) is 240 cm³/mol. The summed E-state index contributed by atoms with van der Waals surface area (Å²) < 4.78 is 49.2. The second-order valence-electron chi connectivity index (χ2n) is 16.6. The van der Waals surface area contributed by atoms with Crippen molar-refractivity contribution in [2.24, 2.45) is 5.11 Å². The van der Waals surface area contributed by atoms with Crippen LogP contribution in [0.1, 0.15) is 99.0 Å². The zero-order chi connectivity index (χ0) is 48.2. The average Bonchev–Trinajstić information content (AvgIpc) is 3.24. The maximum Gasteiger partial charge on any atom is 0.407 e. The standard InChI is InChI=1S/C44H75N7O14/c1-8-22-57-23-24-58-25-26-59-27-28-60-29-30-61-31-32-62-39(38(53)50-51-45)49-35(18-12-14-21-47-42(56)65-44(5,6)7)37(52)48-36(40(54)64-43(2,3)4)19-13-15-20-46-41(55)63-33-34-16-10-9-11-17-34/h9-11,16-17,35-36,39,49H,8,12-15,18-33H2,1-7H3,(H,46,55)(H,47,56)(H,48,52)/t35-,36-,39?/m0/s1. The number of azide groups is 1. The number of carbonyl (C=O) groups excluding carboxylic acids is 5. The quantitative estimate of drug-likeness (QED) is 0.0128. The van der Waals surface area contributed by atoms with Crippen LogP contribution in [-0.4, -0.2) is 145 Å². The molecule has 0 aromatic heterocycles. The van der Waals surface area contributed by atoms with E-state index in [1.54, 1.807) is 41.5 Å². The van der Waals surface area contributed by atoms with Crippen LogP contribution in [0.15, 0.2) is 35.4 Å². The lowest BCUT2D eigenvalue weighted by Crippen LogP contribution is -2.55. The number of nitrogens with zero attached hydrogens (tertiary/aromatic N) is 3. The first-order valence-electron chi connectivity index (χ1n) is 22.3. The molecule has 0 spiro atoms. The lowest BCUT2D eigenvalue weighted by atomic mass is 10.1. The van der Waals surface area contributed by atoms with E-state index in [0.29, 0.717) is 71.9 Å². The van der Waals surface area contributed by atoms with Crippen LogP contribution in [0.4, 0.5) is 9.59 Å². The van der Waals surface area contributed by atoms with Crippen molar-refractivity contribution in [2.45, 2.75) is 130 Å². The average molecular weight is 926 g/mol. The summed E-state index contributed by atoms with van der Waals surface area (Å²) >= 11 is 0. The Hall–Kier alpha value is -4.60. The Labute approximate surface area is 383 Å². The van der Waals surface area contributed by atoms with Crippen molar-refractivity contribution >= 4 is 30.0 Å². The second-order valence-corrected chi connectivity index (χ2v) is 16.6. The molecule has 21 heteroatoms. The van der Waals surface area contributed by atoms with Crippen LogP contribution in [0.5, 0.6) is 0 Å². The van der Waals surface area contributed by atoms with Crippen molar-refractivity contribution in [3.05, 3.63) is 46.3 Å². The van der Waals surface area contributed by atoms with Gasteiger partial charge in [0.2, 0.25) is 5.91 Å². The Balaban J connectivity index is 2.84. The number of rotatable bonds is 36.